The predicted molar refractivity (Wildman–Crippen MR) is 111 cm³/mol. The van der Waals surface area contributed by atoms with Crippen LogP contribution in [0.4, 0.5) is 0 Å². The Kier molecular flexibility index (Phi) is 7.00. The van der Waals surface area contributed by atoms with Crippen molar-refractivity contribution in [1.29, 1.82) is 0 Å². The molecular formula is C20H23ClN4O3S. The van der Waals surface area contributed by atoms with Crippen molar-refractivity contribution in [2.24, 2.45) is 5.92 Å². The summed E-state index contributed by atoms with van der Waals surface area (Å²) >= 11 is 5.71. The summed E-state index contributed by atoms with van der Waals surface area (Å²) in [5.74, 6) is 1.08. The first kappa shape index (κ1) is 21.4. The zero-order valence-corrected chi connectivity index (χ0v) is 17.8. The fourth-order valence-electron chi connectivity index (χ4n) is 2.79. The molecule has 0 radical (unpaired) electrons. The zero-order chi connectivity index (χ0) is 20.9. The Morgan fingerprint density at radius 3 is 2.41 bits per heavy atom. The van der Waals surface area contributed by atoms with Gasteiger partial charge in [0.15, 0.2) is 0 Å². The molecular weight excluding hydrogens is 412 g/mol. The maximum Gasteiger partial charge on any atom is 0.245 e. The lowest BCUT2D eigenvalue weighted by Gasteiger charge is -2.18. The Bertz CT molecular complexity index is 1020. The van der Waals surface area contributed by atoms with E-state index in [2.05, 4.69) is 19.8 Å². The van der Waals surface area contributed by atoms with Crippen LogP contribution in [0.1, 0.15) is 37.8 Å². The Morgan fingerprint density at radius 1 is 1.10 bits per heavy atom. The highest BCUT2D eigenvalue weighted by atomic mass is 35.5. The predicted octanol–water partition coefficient (Wildman–Crippen LogP) is 3.98. The van der Waals surface area contributed by atoms with Crippen molar-refractivity contribution in [3.05, 3.63) is 60.2 Å². The molecule has 1 N–H and O–H groups in total. The number of aromatic nitrogens is 3. The molecule has 1 unspecified atom stereocenters. The summed E-state index contributed by atoms with van der Waals surface area (Å²) in [7, 11) is -3.76. The molecule has 2 aromatic heterocycles. The Hall–Kier alpha value is -2.29. The van der Waals surface area contributed by atoms with Crippen LogP contribution < -0.4 is 4.72 Å². The lowest BCUT2D eigenvalue weighted by atomic mass is 10.1. The fraction of sp³-hybridized carbons (Fsp3) is 0.350. The molecule has 0 saturated carbocycles. The average molecular weight is 435 g/mol. The normalized spacial score (nSPS) is 13.0. The molecule has 0 aliphatic heterocycles. The van der Waals surface area contributed by atoms with E-state index in [1.54, 1.807) is 48.8 Å². The lowest BCUT2D eigenvalue weighted by Crippen LogP contribution is -2.32. The fourth-order valence-corrected chi connectivity index (χ4v) is 4.26. The molecule has 154 valence electrons. The number of nitrogens with zero attached hydrogens (tertiary/aromatic N) is 3. The molecule has 0 fully saturated rings. The van der Waals surface area contributed by atoms with E-state index in [0.717, 1.165) is 24.0 Å². The van der Waals surface area contributed by atoms with Crippen LogP contribution in [0, 0.1) is 5.92 Å². The molecule has 0 aliphatic rings. The molecule has 0 bridgehead atoms. The number of halogens is 1. The van der Waals surface area contributed by atoms with Crippen molar-refractivity contribution in [3.63, 3.8) is 0 Å². The molecule has 2 heterocycles. The van der Waals surface area contributed by atoms with Gasteiger partial charge in [0, 0.05) is 23.8 Å². The van der Waals surface area contributed by atoms with Gasteiger partial charge in [-0.15, -0.1) is 11.6 Å². The van der Waals surface area contributed by atoms with E-state index in [9.17, 15) is 8.42 Å². The van der Waals surface area contributed by atoms with Crippen molar-refractivity contribution < 1.29 is 12.9 Å². The van der Waals surface area contributed by atoms with E-state index in [1.165, 1.54) is 0 Å². The van der Waals surface area contributed by atoms with Crippen LogP contribution in [0.3, 0.4) is 0 Å². The molecule has 3 aromatic rings. The van der Waals surface area contributed by atoms with Crippen LogP contribution in [0.5, 0.6) is 0 Å². The van der Waals surface area contributed by atoms with Crippen LogP contribution >= 0.6 is 11.6 Å². The molecule has 3 rings (SSSR count). The van der Waals surface area contributed by atoms with Gasteiger partial charge in [-0.1, -0.05) is 31.1 Å². The maximum absolute atomic E-state index is 12.9. The SMILES string of the molecule is CC(C)C(NS(=O)(=O)c1ccc(CCCCl)cc1)c1nc(-c2ccncc2)no1. The van der Waals surface area contributed by atoms with Gasteiger partial charge in [0.2, 0.25) is 21.7 Å². The Balaban J connectivity index is 1.80. The van der Waals surface area contributed by atoms with Gasteiger partial charge in [0.25, 0.3) is 0 Å². The number of sulfonamides is 1. The summed E-state index contributed by atoms with van der Waals surface area (Å²) < 4.78 is 33.8. The third-order valence-electron chi connectivity index (χ3n) is 4.43. The van der Waals surface area contributed by atoms with Crippen LogP contribution in [0.15, 0.2) is 58.2 Å². The second-order valence-corrected chi connectivity index (χ2v) is 9.06. The molecule has 1 aromatic carbocycles. The number of hydrogen-bond donors (Lipinski definition) is 1. The molecule has 29 heavy (non-hydrogen) atoms. The minimum atomic E-state index is -3.76. The molecule has 0 amide bonds. The molecule has 0 spiro atoms. The van der Waals surface area contributed by atoms with Crippen molar-refractivity contribution in [3.8, 4) is 11.4 Å². The van der Waals surface area contributed by atoms with E-state index in [1.807, 2.05) is 13.8 Å². The van der Waals surface area contributed by atoms with E-state index in [4.69, 9.17) is 16.1 Å². The summed E-state index contributed by atoms with van der Waals surface area (Å²) in [5.41, 5.74) is 1.79. The third-order valence-corrected chi connectivity index (χ3v) is 6.15. The van der Waals surface area contributed by atoms with Crippen LogP contribution in [-0.4, -0.2) is 29.4 Å². The van der Waals surface area contributed by atoms with Crippen molar-refractivity contribution >= 4 is 21.6 Å². The van der Waals surface area contributed by atoms with Gasteiger partial charge in [0.05, 0.1) is 4.90 Å². The topological polar surface area (TPSA) is 98.0 Å². The van der Waals surface area contributed by atoms with E-state index < -0.39 is 16.1 Å². The number of nitrogens with one attached hydrogen (secondary N) is 1. The quantitative estimate of drug-likeness (QED) is 0.511. The van der Waals surface area contributed by atoms with Gasteiger partial charge in [-0.3, -0.25) is 4.98 Å². The Labute approximate surface area is 175 Å². The van der Waals surface area contributed by atoms with Gasteiger partial charge in [0.1, 0.15) is 6.04 Å². The standard InChI is InChI=1S/C20H23ClN4O3S/c1-14(2)18(20-23-19(24-28-20)16-9-12-22-13-10-16)25-29(26,27)17-7-5-15(6-8-17)4-3-11-21/h5-10,12-14,18,25H,3-4,11H2,1-2H3. The van der Waals surface area contributed by atoms with Gasteiger partial charge in [-0.25, -0.2) is 8.42 Å². The van der Waals surface area contributed by atoms with Crippen molar-refractivity contribution in [2.45, 2.75) is 37.6 Å². The van der Waals surface area contributed by atoms with E-state index in [-0.39, 0.29) is 16.7 Å². The number of aryl methyl sites for hydroxylation is 1. The first-order valence-corrected chi connectivity index (χ1v) is 11.3. The highest BCUT2D eigenvalue weighted by molar-refractivity contribution is 7.89. The third kappa shape index (κ3) is 5.41. The number of benzene rings is 1. The largest absolute Gasteiger partial charge is 0.337 e. The van der Waals surface area contributed by atoms with E-state index >= 15 is 0 Å². The second kappa shape index (κ2) is 9.47. The maximum atomic E-state index is 12.9. The average Bonchev–Trinajstić information content (AvgIpc) is 3.21. The highest BCUT2D eigenvalue weighted by Gasteiger charge is 2.28. The number of hydrogen-bond acceptors (Lipinski definition) is 6. The van der Waals surface area contributed by atoms with Gasteiger partial charge in [-0.05, 0) is 48.6 Å². The van der Waals surface area contributed by atoms with Crippen LogP contribution in [0.25, 0.3) is 11.4 Å². The number of pyridine rings is 1. The number of alkyl halides is 1. The first-order chi connectivity index (χ1) is 13.9. The summed E-state index contributed by atoms with van der Waals surface area (Å²) in [4.78, 5) is 8.53. The van der Waals surface area contributed by atoms with Crippen molar-refractivity contribution in [1.82, 2.24) is 19.8 Å². The van der Waals surface area contributed by atoms with Crippen LogP contribution in [0.2, 0.25) is 0 Å². The van der Waals surface area contributed by atoms with Gasteiger partial charge in [-0.2, -0.15) is 9.71 Å². The summed E-state index contributed by atoms with van der Waals surface area (Å²) in [6.07, 6.45) is 4.92. The van der Waals surface area contributed by atoms with Gasteiger partial charge < -0.3 is 4.52 Å². The minimum absolute atomic E-state index is 0.0986. The second-order valence-electron chi connectivity index (χ2n) is 6.97. The lowest BCUT2D eigenvalue weighted by molar-refractivity contribution is 0.311. The summed E-state index contributed by atoms with van der Waals surface area (Å²) in [6.45, 7) is 3.78. The zero-order valence-electron chi connectivity index (χ0n) is 16.2. The summed E-state index contributed by atoms with van der Waals surface area (Å²) in [6, 6.07) is 9.67. The molecule has 9 heteroatoms. The molecule has 7 nitrogen and oxygen atoms in total. The molecule has 1 atom stereocenters. The van der Waals surface area contributed by atoms with E-state index in [0.29, 0.717) is 11.7 Å². The first-order valence-electron chi connectivity index (χ1n) is 9.32. The van der Waals surface area contributed by atoms with Gasteiger partial charge >= 0.3 is 0 Å². The smallest absolute Gasteiger partial charge is 0.245 e. The number of rotatable bonds is 9. The van der Waals surface area contributed by atoms with Crippen LogP contribution in [-0.2, 0) is 16.4 Å². The highest BCUT2D eigenvalue weighted by Crippen LogP contribution is 2.25. The molecule has 0 saturated heterocycles. The minimum Gasteiger partial charge on any atom is -0.337 e. The molecule has 0 aliphatic carbocycles. The monoisotopic (exact) mass is 434 g/mol. The summed E-state index contributed by atoms with van der Waals surface area (Å²) in [5, 5.41) is 3.97. The Morgan fingerprint density at radius 2 is 1.79 bits per heavy atom. The van der Waals surface area contributed by atoms with Crippen molar-refractivity contribution in [2.75, 3.05) is 5.88 Å².